The number of aromatic nitrogens is 2. The minimum Gasteiger partial charge on any atom is -0.475 e. The van der Waals surface area contributed by atoms with E-state index in [2.05, 4.69) is 18.4 Å². The number of rotatable bonds is 4. The molecule has 3 heterocycles. The maximum absolute atomic E-state index is 13.0. The summed E-state index contributed by atoms with van der Waals surface area (Å²) >= 11 is 0. The Balaban J connectivity index is 1.73. The lowest BCUT2D eigenvalue weighted by atomic mass is 10.2. The largest absolute Gasteiger partial charge is 0.475 e. The summed E-state index contributed by atoms with van der Waals surface area (Å²) in [7, 11) is 0. The lowest BCUT2D eigenvalue weighted by Crippen LogP contribution is -2.32. The Morgan fingerprint density at radius 3 is 2.63 bits per heavy atom. The number of fused-ring (bicyclic) bond motifs is 1. The van der Waals surface area contributed by atoms with Crippen molar-refractivity contribution in [3.05, 3.63) is 53.7 Å². The van der Waals surface area contributed by atoms with Gasteiger partial charge in [0.05, 0.1) is 17.1 Å². The zero-order valence-electron chi connectivity index (χ0n) is 15.3. The SMILES string of the molecule is CC(C)n1c(C2CCCN2C(=O)c2ccc(C(=O)O)o2)nc2ccccc21. The quantitative estimate of drug-likeness (QED) is 0.756. The maximum Gasteiger partial charge on any atom is 0.371 e. The van der Waals surface area contributed by atoms with Crippen LogP contribution in [0.2, 0.25) is 0 Å². The predicted octanol–water partition coefficient (Wildman–Crippen LogP) is 3.89. The Morgan fingerprint density at radius 1 is 1.19 bits per heavy atom. The van der Waals surface area contributed by atoms with Gasteiger partial charge in [0, 0.05) is 12.6 Å². The lowest BCUT2D eigenvalue weighted by molar-refractivity contribution is 0.0643. The molecule has 1 aliphatic rings. The zero-order chi connectivity index (χ0) is 19.1. The summed E-state index contributed by atoms with van der Waals surface area (Å²) in [5, 5.41) is 9.02. The first-order valence-corrected chi connectivity index (χ1v) is 9.08. The average Bonchev–Trinajstić information content (AvgIpc) is 3.36. The fourth-order valence-electron chi connectivity index (χ4n) is 3.83. The van der Waals surface area contributed by atoms with E-state index in [0.29, 0.717) is 6.54 Å². The lowest BCUT2D eigenvalue weighted by Gasteiger charge is -2.25. The van der Waals surface area contributed by atoms with E-state index in [1.54, 1.807) is 4.90 Å². The highest BCUT2D eigenvalue weighted by Crippen LogP contribution is 2.36. The number of carbonyl (C=O) groups is 2. The molecule has 0 radical (unpaired) electrons. The van der Waals surface area contributed by atoms with Crippen molar-refractivity contribution < 1.29 is 19.1 Å². The number of nitrogens with zero attached hydrogens (tertiary/aromatic N) is 3. The van der Waals surface area contributed by atoms with Gasteiger partial charge in [0.25, 0.3) is 5.91 Å². The predicted molar refractivity (Wildman–Crippen MR) is 98.8 cm³/mol. The van der Waals surface area contributed by atoms with Gasteiger partial charge in [0.15, 0.2) is 5.76 Å². The Bertz CT molecular complexity index is 1020. The van der Waals surface area contributed by atoms with Crippen molar-refractivity contribution in [2.75, 3.05) is 6.54 Å². The number of hydrogen-bond donors (Lipinski definition) is 1. The first kappa shape index (κ1) is 17.3. The molecule has 1 saturated heterocycles. The minimum absolute atomic E-state index is 0.0477. The molecule has 140 valence electrons. The summed E-state index contributed by atoms with van der Waals surface area (Å²) < 4.78 is 7.40. The Morgan fingerprint density at radius 2 is 1.93 bits per heavy atom. The monoisotopic (exact) mass is 367 g/mol. The number of likely N-dealkylation sites (tertiary alicyclic amines) is 1. The highest BCUT2D eigenvalue weighted by Gasteiger charge is 2.36. The van der Waals surface area contributed by atoms with Crippen LogP contribution in [0.15, 0.2) is 40.8 Å². The third kappa shape index (κ3) is 2.89. The number of carboxylic acids is 1. The fraction of sp³-hybridized carbons (Fsp3) is 0.350. The van der Waals surface area contributed by atoms with E-state index in [1.807, 2.05) is 24.3 Å². The smallest absolute Gasteiger partial charge is 0.371 e. The molecule has 4 rings (SSSR count). The summed E-state index contributed by atoms with van der Waals surface area (Å²) in [6.07, 6.45) is 1.68. The van der Waals surface area contributed by atoms with Crippen LogP contribution >= 0.6 is 0 Å². The van der Waals surface area contributed by atoms with Gasteiger partial charge in [-0.15, -0.1) is 0 Å². The molecule has 7 heteroatoms. The van der Waals surface area contributed by atoms with Crippen molar-refractivity contribution >= 4 is 22.9 Å². The summed E-state index contributed by atoms with van der Waals surface area (Å²) in [6.45, 7) is 4.79. The van der Waals surface area contributed by atoms with Crippen LogP contribution in [0.25, 0.3) is 11.0 Å². The second kappa shape index (κ2) is 6.57. The van der Waals surface area contributed by atoms with Gasteiger partial charge < -0.3 is 19.0 Å². The van der Waals surface area contributed by atoms with Crippen LogP contribution in [0.5, 0.6) is 0 Å². The van der Waals surface area contributed by atoms with Gasteiger partial charge in [0.1, 0.15) is 5.82 Å². The van der Waals surface area contributed by atoms with Crippen LogP contribution < -0.4 is 0 Å². The Labute approximate surface area is 156 Å². The van der Waals surface area contributed by atoms with Gasteiger partial charge in [-0.3, -0.25) is 4.79 Å². The molecule has 2 aromatic heterocycles. The van der Waals surface area contributed by atoms with Crippen molar-refractivity contribution in [1.29, 1.82) is 0 Å². The molecule has 1 N–H and O–H groups in total. The molecule has 0 spiro atoms. The van der Waals surface area contributed by atoms with Crippen molar-refractivity contribution in [2.24, 2.45) is 0 Å². The van der Waals surface area contributed by atoms with Crippen LogP contribution in [-0.4, -0.2) is 38.0 Å². The van der Waals surface area contributed by atoms with E-state index in [4.69, 9.17) is 14.5 Å². The van der Waals surface area contributed by atoms with Gasteiger partial charge >= 0.3 is 5.97 Å². The number of furan rings is 1. The van der Waals surface area contributed by atoms with E-state index < -0.39 is 5.97 Å². The summed E-state index contributed by atoms with van der Waals surface area (Å²) in [5.74, 6) is -0.807. The molecule has 7 nitrogen and oxygen atoms in total. The van der Waals surface area contributed by atoms with Gasteiger partial charge in [0.2, 0.25) is 5.76 Å². The molecule has 1 fully saturated rings. The van der Waals surface area contributed by atoms with Gasteiger partial charge in [-0.05, 0) is 51.0 Å². The third-order valence-corrected chi connectivity index (χ3v) is 4.98. The van der Waals surface area contributed by atoms with Crippen LogP contribution in [0.4, 0.5) is 0 Å². The second-order valence-corrected chi connectivity index (χ2v) is 7.05. The van der Waals surface area contributed by atoms with Crippen LogP contribution in [0.1, 0.15) is 65.7 Å². The summed E-state index contributed by atoms with van der Waals surface area (Å²) in [5.41, 5.74) is 1.96. The maximum atomic E-state index is 13.0. The molecule has 1 unspecified atom stereocenters. The third-order valence-electron chi connectivity index (χ3n) is 4.98. The number of benzene rings is 1. The summed E-state index contributed by atoms with van der Waals surface area (Å²) in [6, 6.07) is 10.7. The molecular weight excluding hydrogens is 346 g/mol. The van der Waals surface area contributed by atoms with E-state index >= 15 is 0 Å². The highest BCUT2D eigenvalue weighted by molar-refractivity contribution is 5.94. The molecule has 1 atom stereocenters. The number of amides is 1. The minimum atomic E-state index is -1.19. The molecule has 27 heavy (non-hydrogen) atoms. The topological polar surface area (TPSA) is 88.6 Å². The molecule has 0 saturated carbocycles. The van der Waals surface area contributed by atoms with Crippen LogP contribution in [0, 0.1) is 0 Å². The Hall–Kier alpha value is -3.09. The average molecular weight is 367 g/mol. The summed E-state index contributed by atoms with van der Waals surface area (Å²) in [4.78, 5) is 30.6. The molecule has 1 amide bonds. The molecule has 1 aliphatic heterocycles. The fourth-order valence-corrected chi connectivity index (χ4v) is 3.83. The van der Waals surface area contributed by atoms with Gasteiger partial charge in [-0.2, -0.15) is 0 Å². The van der Waals surface area contributed by atoms with E-state index in [-0.39, 0.29) is 29.5 Å². The number of carbonyl (C=O) groups excluding carboxylic acids is 1. The first-order chi connectivity index (χ1) is 13.0. The number of para-hydroxylation sites is 2. The number of hydrogen-bond acceptors (Lipinski definition) is 4. The number of aromatic carboxylic acids is 1. The number of carboxylic acid groups (broad SMARTS) is 1. The normalized spacial score (nSPS) is 17.1. The van der Waals surface area contributed by atoms with Crippen molar-refractivity contribution in [3.63, 3.8) is 0 Å². The molecule has 0 aliphatic carbocycles. The van der Waals surface area contributed by atoms with Crippen LogP contribution in [-0.2, 0) is 0 Å². The number of imidazole rings is 1. The van der Waals surface area contributed by atoms with Crippen molar-refractivity contribution in [3.8, 4) is 0 Å². The van der Waals surface area contributed by atoms with Crippen molar-refractivity contribution in [1.82, 2.24) is 14.5 Å². The highest BCUT2D eigenvalue weighted by atomic mass is 16.4. The van der Waals surface area contributed by atoms with E-state index in [0.717, 1.165) is 29.7 Å². The molecular formula is C20H21N3O4. The Kier molecular flexibility index (Phi) is 4.22. The van der Waals surface area contributed by atoms with Gasteiger partial charge in [-0.1, -0.05) is 12.1 Å². The molecule has 1 aromatic carbocycles. The second-order valence-electron chi connectivity index (χ2n) is 7.05. The van der Waals surface area contributed by atoms with E-state index in [9.17, 15) is 9.59 Å². The zero-order valence-corrected chi connectivity index (χ0v) is 15.3. The molecule has 3 aromatic rings. The van der Waals surface area contributed by atoms with Crippen LogP contribution in [0.3, 0.4) is 0 Å². The standard InChI is InChI=1S/C20H21N3O4/c1-12(2)23-14-7-4-3-6-13(14)21-18(23)15-8-5-11-22(15)19(24)16-9-10-17(27-16)20(25)26/h3-4,6-7,9-10,12,15H,5,8,11H2,1-2H3,(H,25,26). The van der Waals surface area contributed by atoms with Gasteiger partial charge in [-0.25, -0.2) is 9.78 Å². The molecule has 0 bridgehead atoms. The first-order valence-electron chi connectivity index (χ1n) is 9.08. The van der Waals surface area contributed by atoms with Crippen molar-refractivity contribution in [2.45, 2.75) is 38.8 Å². The van der Waals surface area contributed by atoms with E-state index in [1.165, 1.54) is 12.1 Å².